The standard InChI is InChI=1S/C10H11ClN2O2/c1-2-3-9(15-10(12)14)8-6-7(11)4-5-13-8/h2,4-6,9H,1,3H2,(H2,12,14)/t9-/m1/s1. The van der Waals surface area contributed by atoms with Crippen LogP contribution in [-0.2, 0) is 4.74 Å². The third-order valence-corrected chi connectivity index (χ3v) is 1.95. The smallest absolute Gasteiger partial charge is 0.405 e. The lowest BCUT2D eigenvalue weighted by molar-refractivity contribution is 0.106. The van der Waals surface area contributed by atoms with Gasteiger partial charge in [-0.25, -0.2) is 4.79 Å². The molecule has 0 aliphatic carbocycles. The Kier molecular flexibility index (Phi) is 4.12. The van der Waals surface area contributed by atoms with E-state index >= 15 is 0 Å². The van der Waals surface area contributed by atoms with Crippen LogP contribution in [0.5, 0.6) is 0 Å². The molecule has 1 rings (SSSR count). The molecule has 0 fully saturated rings. The van der Waals surface area contributed by atoms with Crippen LogP contribution < -0.4 is 5.73 Å². The fraction of sp³-hybridized carbons (Fsp3) is 0.200. The van der Waals surface area contributed by atoms with Gasteiger partial charge in [0, 0.05) is 17.6 Å². The van der Waals surface area contributed by atoms with Gasteiger partial charge in [-0.15, -0.1) is 6.58 Å². The predicted molar refractivity (Wildman–Crippen MR) is 57.5 cm³/mol. The van der Waals surface area contributed by atoms with Crippen molar-refractivity contribution >= 4 is 17.7 Å². The van der Waals surface area contributed by atoms with Gasteiger partial charge in [0.2, 0.25) is 0 Å². The first kappa shape index (κ1) is 11.5. The molecule has 0 aliphatic rings. The topological polar surface area (TPSA) is 65.2 Å². The van der Waals surface area contributed by atoms with E-state index in [4.69, 9.17) is 22.1 Å². The summed E-state index contributed by atoms with van der Waals surface area (Å²) in [5.41, 5.74) is 5.50. The molecule has 0 saturated carbocycles. The van der Waals surface area contributed by atoms with Crippen molar-refractivity contribution in [2.24, 2.45) is 5.73 Å². The first-order valence-electron chi connectivity index (χ1n) is 4.32. The minimum atomic E-state index is -0.844. The summed E-state index contributed by atoms with van der Waals surface area (Å²) >= 11 is 5.79. The number of nitrogens with zero attached hydrogens (tertiary/aromatic N) is 1. The molecule has 0 radical (unpaired) electrons. The Labute approximate surface area is 92.7 Å². The summed E-state index contributed by atoms with van der Waals surface area (Å²) in [7, 11) is 0. The molecule has 0 spiro atoms. The van der Waals surface area contributed by atoms with Crippen molar-refractivity contribution in [3.05, 3.63) is 41.7 Å². The number of carbonyl (C=O) groups excluding carboxylic acids is 1. The van der Waals surface area contributed by atoms with Crippen molar-refractivity contribution in [3.8, 4) is 0 Å². The minimum Gasteiger partial charge on any atom is -0.440 e. The number of pyridine rings is 1. The quantitative estimate of drug-likeness (QED) is 0.802. The Hall–Kier alpha value is -1.55. The molecule has 1 atom stereocenters. The van der Waals surface area contributed by atoms with E-state index in [1.165, 1.54) is 6.20 Å². The third kappa shape index (κ3) is 3.59. The number of rotatable bonds is 4. The van der Waals surface area contributed by atoms with Crippen LogP contribution in [0.4, 0.5) is 4.79 Å². The van der Waals surface area contributed by atoms with E-state index < -0.39 is 12.2 Å². The lowest BCUT2D eigenvalue weighted by Crippen LogP contribution is -2.17. The normalized spacial score (nSPS) is 11.8. The molecule has 1 aromatic rings. The molecule has 15 heavy (non-hydrogen) atoms. The van der Waals surface area contributed by atoms with Gasteiger partial charge in [-0.1, -0.05) is 17.7 Å². The second-order valence-electron chi connectivity index (χ2n) is 2.85. The molecule has 1 heterocycles. The highest BCUT2D eigenvalue weighted by Crippen LogP contribution is 2.21. The Balaban J connectivity index is 2.87. The van der Waals surface area contributed by atoms with E-state index in [1.54, 1.807) is 18.2 Å². The van der Waals surface area contributed by atoms with Gasteiger partial charge in [0.05, 0.1) is 5.69 Å². The molecule has 0 saturated heterocycles. The number of carbonyl (C=O) groups is 1. The lowest BCUT2D eigenvalue weighted by atomic mass is 10.1. The number of hydrogen-bond acceptors (Lipinski definition) is 3. The van der Waals surface area contributed by atoms with Crippen LogP contribution in [0.25, 0.3) is 0 Å². The second-order valence-corrected chi connectivity index (χ2v) is 3.29. The van der Waals surface area contributed by atoms with Crippen LogP contribution in [-0.4, -0.2) is 11.1 Å². The van der Waals surface area contributed by atoms with Gasteiger partial charge in [-0.3, -0.25) is 4.98 Å². The maximum absolute atomic E-state index is 10.6. The molecule has 1 amide bonds. The zero-order valence-corrected chi connectivity index (χ0v) is 8.78. The maximum Gasteiger partial charge on any atom is 0.405 e. The van der Waals surface area contributed by atoms with Crippen LogP contribution in [0.3, 0.4) is 0 Å². The molecule has 5 heteroatoms. The SMILES string of the molecule is C=CC[C@@H](OC(N)=O)c1cc(Cl)ccn1. The van der Waals surface area contributed by atoms with E-state index in [0.717, 1.165) is 0 Å². The van der Waals surface area contributed by atoms with Crippen LogP contribution in [0, 0.1) is 0 Å². The molecule has 1 aromatic heterocycles. The maximum atomic E-state index is 10.6. The van der Waals surface area contributed by atoms with Crippen LogP contribution in [0.2, 0.25) is 5.02 Å². The number of amides is 1. The Morgan fingerprint density at radius 3 is 3.07 bits per heavy atom. The number of halogens is 1. The molecule has 0 bridgehead atoms. The molecule has 0 aromatic carbocycles. The van der Waals surface area contributed by atoms with Crippen molar-refractivity contribution in [2.75, 3.05) is 0 Å². The number of ether oxygens (including phenoxy) is 1. The first-order valence-corrected chi connectivity index (χ1v) is 4.69. The highest BCUT2D eigenvalue weighted by molar-refractivity contribution is 6.30. The van der Waals surface area contributed by atoms with Gasteiger partial charge in [0.1, 0.15) is 6.10 Å². The lowest BCUT2D eigenvalue weighted by Gasteiger charge is -2.14. The van der Waals surface area contributed by atoms with Gasteiger partial charge in [-0.2, -0.15) is 0 Å². The summed E-state index contributed by atoms with van der Waals surface area (Å²) in [5.74, 6) is 0. The Bertz CT molecular complexity index is 368. The monoisotopic (exact) mass is 226 g/mol. The molecule has 2 N–H and O–H groups in total. The first-order chi connectivity index (χ1) is 7.13. The van der Waals surface area contributed by atoms with E-state index in [-0.39, 0.29) is 0 Å². The summed E-state index contributed by atoms with van der Waals surface area (Å²) in [4.78, 5) is 14.7. The summed E-state index contributed by atoms with van der Waals surface area (Å²) in [6.45, 7) is 3.56. The van der Waals surface area contributed by atoms with E-state index in [2.05, 4.69) is 11.6 Å². The molecule has 0 unspecified atom stereocenters. The van der Waals surface area contributed by atoms with Gasteiger partial charge < -0.3 is 10.5 Å². The number of nitrogens with two attached hydrogens (primary N) is 1. The van der Waals surface area contributed by atoms with Crippen molar-refractivity contribution in [1.29, 1.82) is 0 Å². The largest absolute Gasteiger partial charge is 0.440 e. The molecular weight excluding hydrogens is 216 g/mol. The Morgan fingerprint density at radius 1 is 1.80 bits per heavy atom. The van der Waals surface area contributed by atoms with Gasteiger partial charge in [0.25, 0.3) is 0 Å². The van der Waals surface area contributed by atoms with Crippen LogP contribution in [0.15, 0.2) is 31.0 Å². The zero-order valence-electron chi connectivity index (χ0n) is 8.02. The molecule has 80 valence electrons. The van der Waals surface area contributed by atoms with Gasteiger partial charge in [-0.05, 0) is 12.1 Å². The van der Waals surface area contributed by atoms with Crippen LogP contribution in [0.1, 0.15) is 18.2 Å². The van der Waals surface area contributed by atoms with E-state index in [9.17, 15) is 4.79 Å². The summed E-state index contributed by atoms with van der Waals surface area (Å²) in [5, 5.41) is 0.530. The Morgan fingerprint density at radius 2 is 2.53 bits per heavy atom. The second kappa shape index (κ2) is 5.36. The van der Waals surface area contributed by atoms with Gasteiger partial charge in [0.15, 0.2) is 0 Å². The van der Waals surface area contributed by atoms with E-state index in [0.29, 0.717) is 17.1 Å². The number of aromatic nitrogens is 1. The average Bonchev–Trinajstić information content (AvgIpc) is 2.16. The fourth-order valence-corrected chi connectivity index (χ4v) is 1.29. The highest BCUT2D eigenvalue weighted by Gasteiger charge is 2.15. The summed E-state index contributed by atoms with van der Waals surface area (Å²) in [6, 6.07) is 3.26. The average molecular weight is 227 g/mol. The van der Waals surface area contributed by atoms with Crippen molar-refractivity contribution < 1.29 is 9.53 Å². The van der Waals surface area contributed by atoms with Crippen LogP contribution >= 0.6 is 11.6 Å². The third-order valence-electron chi connectivity index (χ3n) is 1.71. The molecular formula is C10H11ClN2O2. The summed E-state index contributed by atoms with van der Waals surface area (Å²) < 4.78 is 4.88. The van der Waals surface area contributed by atoms with Crippen molar-refractivity contribution in [1.82, 2.24) is 4.98 Å². The number of primary amides is 1. The van der Waals surface area contributed by atoms with Gasteiger partial charge >= 0.3 is 6.09 Å². The number of hydrogen-bond donors (Lipinski definition) is 1. The zero-order chi connectivity index (χ0) is 11.3. The fourth-order valence-electron chi connectivity index (χ4n) is 1.12. The predicted octanol–water partition coefficient (Wildman–Crippen LogP) is 2.45. The van der Waals surface area contributed by atoms with Crippen molar-refractivity contribution in [3.63, 3.8) is 0 Å². The van der Waals surface area contributed by atoms with Crippen molar-refractivity contribution in [2.45, 2.75) is 12.5 Å². The minimum absolute atomic E-state index is 0.441. The summed E-state index contributed by atoms with van der Waals surface area (Å²) in [6.07, 6.45) is 2.23. The highest BCUT2D eigenvalue weighted by atomic mass is 35.5. The molecule has 0 aliphatic heterocycles. The molecule has 4 nitrogen and oxygen atoms in total. The van der Waals surface area contributed by atoms with E-state index in [1.807, 2.05) is 0 Å².